The van der Waals surface area contributed by atoms with Gasteiger partial charge in [-0.05, 0) is 25.0 Å². The third-order valence-corrected chi connectivity index (χ3v) is 4.78. The maximum absolute atomic E-state index is 12.2. The summed E-state index contributed by atoms with van der Waals surface area (Å²) in [5.74, 6) is -0.973. The Balaban J connectivity index is 2.17. The fourth-order valence-corrected chi connectivity index (χ4v) is 3.24. The fourth-order valence-electron chi connectivity index (χ4n) is 2.54. The molecule has 1 aromatic rings. The van der Waals surface area contributed by atoms with E-state index in [0.29, 0.717) is 5.33 Å². The van der Waals surface area contributed by atoms with Gasteiger partial charge in [0.2, 0.25) is 0 Å². The molecule has 4 nitrogen and oxygen atoms in total. The number of nitrogens with one attached hydrogen (secondary N) is 1. The van der Waals surface area contributed by atoms with Crippen LogP contribution in [0.15, 0.2) is 18.2 Å². The zero-order chi connectivity index (χ0) is 13.9. The zero-order valence-electron chi connectivity index (χ0n) is 10.7. The minimum atomic E-state index is -0.361. The first-order valence-electron chi connectivity index (χ1n) is 6.47. The van der Waals surface area contributed by atoms with Crippen LogP contribution in [0.2, 0.25) is 0 Å². The molecular weight excluding hydrogens is 310 g/mol. The molecule has 1 fully saturated rings. The van der Waals surface area contributed by atoms with Gasteiger partial charge in [0.1, 0.15) is 0 Å². The van der Waals surface area contributed by atoms with Gasteiger partial charge < -0.3 is 15.5 Å². The highest BCUT2D eigenvalue weighted by atomic mass is 79.9. The molecule has 0 spiro atoms. The lowest BCUT2D eigenvalue weighted by atomic mass is 9.83. The van der Waals surface area contributed by atoms with Gasteiger partial charge in [0, 0.05) is 5.33 Å². The SMILES string of the molecule is O=C(NC1(CBr)CCCCC1)c1cccc(O)c1O. The van der Waals surface area contributed by atoms with Crippen molar-refractivity contribution in [2.45, 2.75) is 37.6 Å². The van der Waals surface area contributed by atoms with Crippen LogP contribution in [-0.4, -0.2) is 27.0 Å². The second-order valence-corrected chi connectivity index (χ2v) is 5.66. The third kappa shape index (κ3) is 3.03. The predicted molar refractivity (Wildman–Crippen MR) is 76.8 cm³/mol. The first kappa shape index (κ1) is 14.2. The van der Waals surface area contributed by atoms with E-state index in [1.165, 1.54) is 18.6 Å². The Kier molecular flexibility index (Phi) is 4.34. The molecule has 0 aliphatic heterocycles. The number of carbonyl (C=O) groups excluding carboxylic acids is 1. The van der Waals surface area contributed by atoms with Crippen molar-refractivity contribution in [3.8, 4) is 11.5 Å². The Hall–Kier alpha value is -1.23. The minimum absolute atomic E-state index is 0.117. The highest BCUT2D eigenvalue weighted by molar-refractivity contribution is 9.09. The molecule has 0 unspecified atom stereocenters. The van der Waals surface area contributed by atoms with Gasteiger partial charge in [-0.25, -0.2) is 0 Å². The molecule has 0 atom stereocenters. The molecule has 1 aliphatic carbocycles. The average molecular weight is 328 g/mol. The van der Waals surface area contributed by atoms with Crippen LogP contribution in [0.25, 0.3) is 0 Å². The van der Waals surface area contributed by atoms with Crippen molar-refractivity contribution < 1.29 is 15.0 Å². The Labute approximate surface area is 121 Å². The highest BCUT2D eigenvalue weighted by Gasteiger charge is 2.33. The van der Waals surface area contributed by atoms with Crippen LogP contribution < -0.4 is 5.32 Å². The molecular formula is C14H18BrNO3. The van der Waals surface area contributed by atoms with Gasteiger partial charge in [-0.1, -0.05) is 41.3 Å². The molecule has 0 radical (unpaired) electrons. The molecule has 1 saturated carbocycles. The molecule has 0 saturated heterocycles. The fraction of sp³-hybridized carbons (Fsp3) is 0.500. The Bertz CT molecular complexity index is 470. The number of aromatic hydroxyl groups is 2. The number of para-hydroxylation sites is 1. The highest BCUT2D eigenvalue weighted by Crippen LogP contribution is 2.32. The van der Waals surface area contributed by atoms with Crippen molar-refractivity contribution >= 4 is 21.8 Å². The molecule has 1 aromatic carbocycles. The van der Waals surface area contributed by atoms with E-state index in [9.17, 15) is 15.0 Å². The number of benzene rings is 1. The summed E-state index contributed by atoms with van der Waals surface area (Å²) >= 11 is 3.48. The zero-order valence-corrected chi connectivity index (χ0v) is 12.2. The topological polar surface area (TPSA) is 69.6 Å². The lowest BCUT2D eigenvalue weighted by Gasteiger charge is -2.36. The summed E-state index contributed by atoms with van der Waals surface area (Å²) in [6.07, 6.45) is 5.25. The van der Waals surface area contributed by atoms with Gasteiger partial charge in [0.25, 0.3) is 5.91 Å². The summed E-state index contributed by atoms with van der Waals surface area (Å²) in [5.41, 5.74) is -0.126. The minimum Gasteiger partial charge on any atom is -0.504 e. The smallest absolute Gasteiger partial charge is 0.255 e. The lowest BCUT2D eigenvalue weighted by Crippen LogP contribution is -2.51. The summed E-state index contributed by atoms with van der Waals surface area (Å²) in [6.45, 7) is 0. The molecule has 5 heteroatoms. The molecule has 0 bridgehead atoms. The van der Waals surface area contributed by atoms with E-state index >= 15 is 0 Å². The molecule has 3 N–H and O–H groups in total. The van der Waals surface area contributed by atoms with E-state index in [-0.39, 0.29) is 28.5 Å². The van der Waals surface area contributed by atoms with Gasteiger partial charge >= 0.3 is 0 Å². The van der Waals surface area contributed by atoms with E-state index in [2.05, 4.69) is 21.2 Å². The second-order valence-electron chi connectivity index (χ2n) is 5.10. The molecule has 1 amide bonds. The number of amides is 1. The van der Waals surface area contributed by atoms with E-state index in [1.807, 2.05) is 0 Å². The number of alkyl halides is 1. The maximum Gasteiger partial charge on any atom is 0.255 e. The number of carbonyl (C=O) groups is 1. The Morgan fingerprint density at radius 3 is 2.58 bits per heavy atom. The summed E-state index contributed by atoms with van der Waals surface area (Å²) < 4.78 is 0. The summed E-state index contributed by atoms with van der Waals surface area (Å²) in [6, 6.07) is 4.41. The van der Waals surface area contributed by atoms with Crippen molar-refractivity contribution in [2.24, 2.45) is 0 Å². The van der Waals surface area contributed by atoms with Crippen molar-refractivity contribution in [1.29, 1.82) is 0 Å². The molecule has 0 heterocycles. The maximum atomic E-state index is 12.2. The first-order valence-corrected chi connectivity index (χ1v) is 7.59. The Morgan fingerprint density at radius 2 is 1.95 bits per heavy atom. The van der Waals surface area contributed by atoms with E-state index < -0.39 is 0 Å². The van der Waals surface area contributed by atoms with Gasteiger partial charge in [-0.15, -0.1) is 0 Å². The average Bonchev–Trinajstić information content (AvgIpc) is 2.42. The number of hydrogen-bond donors (Lipinski definition) is 3. The van der Waals surface area contributed by atoms with Crippen molar-refractivity contribution in [3.05, 3.63) is 23.8 Å². The summed E-state index contributed by atoms with van der Waals surface area (Å²) in [5, 5.41) is 22.9. The third-order valence-electron chi connectivity index (χ3n) is 3.70. The quantitative estimate of drug-likeness (QED) is 0.590. The van der Waals surface area contributed by atoms with Crippen LogP contribution >= 0.6 is 15.9 Å². The number of phenolic OH excluding ortho intramolecular Hbond substituents is 2. The van der Waals surface area contributed by atoms with Crippen LogP contribution in [0.5, 0.6) is 11.5 Å². The van der Waals surface area contributed by atoms with Gasteiger partial charge in [0.05, 0.1) is 11.1 Å². The van der Waals surface area contributed by atoms with Crippen molar-refractivity contribution in [3.63, 3.8) is 0 Å². The van der Waals surface area contributed by atoms with Gasteiger partial charge in [-0.3, -0.25) is 4.79 Å². The second kappa shape index (κ2) is 5.82. The van der Waals surface area contributed by atoms with Crippen LogP contribution in [-0.2, 0) is 0 Å². The monoisotopic (exact) mass is 327 g/mol. The molecule has 104 valence electrons. The largest absolute Gasteiger partial charge is 0.504 e. The lowest BCUT2D eigenvalue weighted by molar-refractivity contribution is 0.0883. The molecule has 0 aromatic heterocycles. The van der Waals surface area contributed by atoms with Crippen LogP contribution in [0, 0.1) is 0 Å². The number of phenols is 2. The normalized spacial score (nSPS) is 17.9. The molecule has 2 rings (SSSR count). The van der Waals surface area contributed by atoms with Crippen molar-refractivity contribution in [2.75, 3.05) is 5.33 Å². The van der Waals surface area contributed by atoms with E-state index in [1.54, 1.807) is 6.07 Å². The predicted octanol–water partition coefficient (Wildman–Crippen LogP) is 2.93. The van der Waals surface area contributed by atoms with Crippen molar-refractivity contribution in [1.82, 2.24) is 5.32 Å². The molecule has 19 heavy (non-hydrogen) atoms. The Morgan fingerprint density at radius 1 is 1.26 bits per heavy atom. The van der Waals surface area contributed by atoms with Crippen LogP contribution in [0.1, 0.15) is 42.5 Å². The van der Waals surface area contributed by atoms with Crippen LogP contribution in [0.4, 0.5) is 0 Å². The molecule has 1 aliphatic rings. The van der Waals surface area contributed by atoms with E-state index in [0.717, 1.165) is 25.7 Å². The number of hydrogen-bond acceptors (Lipinski definition) is 3. The van der Waals surface area contributed by atoms with E-state index in [4.69, 9.17) is 0 Å². The number of halogens is 1. The summed E-state index contributed by atoms with van der Waals surface area (Å²) in [4.78, 5) is 12.2. The van der Waals surface area contributed by atoms with Gasteiger partial charge in [-0.2, -0.15) is 0 Å². The number of rotatable bonds is 3. The summed E-state index contributed by atoms with van der Waals surface area (Å²) in [7, 11) is 0. The standard InChI is InChI=1S/C14H18BrNO3/c15-9-14(7-2-1-3-8-14)16-13(19)10-5-4-6-11(17)12(10)18/h4-6,17-18H,1-3,7-9H2,(H,16,19). The van der Waals surface area contributed by atoms with Crippen LogP contribution in [0.3, 0.4) is 0 Å². The first-order chi connectivity index (χ1) is 9.08. The van der Waals surface area contributed by atoms with Gasteiger partial charge in [0.15, 0.2) is 11.5 Å².